The van der Waals surface area contributed by atoms with Crippen LogP contribution in [0.4, 0.5) is 5.69 Å². The van der Waals surface area contributed by atoms with Gasteiger partial charge < -0.3 is 23.9 Å². The summed E-state index contributed by atoms with van der Waals surface area (Å²) in [5, 5.41) is 7.42. The zero-order valence-electron chi connectivity index (χ0n) is 13.5. The molecular formula is C16H27ArNO2Y-2. The molecule has 1 saturated heterocycles. The number of para-hydroxylation sites is 1. The van der Waals surface area contributed by atoms with E-state index in [9.17, 15) is 0 Å². The van der Waals surface area contributed by atoms with Crippen LogP contribution in [0.25, 0.3) is 0 Å². The van der Waals surface area contributed by atoms with Gasteiger partial charge in [-0.15, -0.1) is 6.54 Å². The summed E-state index contributed by atoms with van der Waals surface area (Å²) in [5.74, 6) is -0.833. The third-order valence-electron chi connectivity index (χ3n) is 2.31. The standard InChI is InChI=1S/C11H14N.C2H4O2.C2H6.CH3.Ar.Y/c1-3-7-11(8-4-1)12-9-5-2-6-10-12;1-2(3)4;1-2;;;/h1,3-5,7-8H,2,6,9-10H2;1H3,(H,3,4);1-2H3;1H3;;/q-1;;;-1;;. The zero-order chi connectivity index (χ0) is 13.8. The van der Waals surface area contributed by atoms with E-state index < -0.39 is 5.97 Å². The second-order valence-corrected chi connectivity index (χ2v) is 3.73. The Bertz CT molecular complexity index is 313. The fourth-order valence-electron chi connectivity index (χ4n) is 1.64. The molecule has 21 heavy (non-hydrogen) atoms. The van der Waals surface area contributed by atoms with E-state index in [2.05, 4.69) is 41.7 Å². The minimum atomic E-state index is -0.833. The summed E-state index contributed by atoms with van der Waals surface area (Å²) in [6.45, 7) is 7.41. The topological polar surface area (TPSA) is 40.5 Å². The molecule has 0 unspecified atom stereocenters. The molecule has 1 radical (unpaired) electrons. The van der Waals surface area contributed by atoms with Crippen LogP contribution in [0.5, 0.6) is 0 Å². The molecule has 1 aliphatic rings. The normalized spacial score (nSPS) is 11.7. The Morgan fingerprint density at radius 3 is 2.10 bits per heavy atom. The molecule has 0 bridgehead atoms. The van der Waals surface area contributed by atoms with E-state index in [0.29, 0.717) is 0 Å². The van der Waals surface area contributed by atoms with E-state index in [4.69, 9.17) is 9.90 Å². The molecular weight excluding hydrogens is 367 g/mol. The van der Waals surface area contributed by atoms with Crippen molar-refractivity contribution >= 4 is 11.7 Å². The summed E-state index contributed by atoms with van der Waals surface area (Å²) in [4.78, 5) is 11.4. The van der Waals surface area contributed by atoms with E-state index in [1.165, 1.54) is 25.1 Å². The Kier molecular flexibility index (Phi) is 29.6. The maximum atomic E-state index is 9.00. The number of hydrogen-bond acceptors (Lipinski definition) is 2. The van der Waals surface area contributed by atoms with Gasteiger partial charge >= 0.3 is 0 Å². The number of piperidine rings is 1. The summed E-state index contributed by atoms with van der Waals surface area (Å²) in [6, 6.07) is 10.6. The SMILES string of the molecule is CC.CC(=O)O.[Ar].[CH3-].[Y].c1ccc(N2C[CH-]CCC2)cc1. The molecule has 0 saturated carbocycles. The van der Waals surface area contributed by atoms with Crippen molar-refractivity contribution in [1.29, 1.82) is 0 Å². The van der Waals surface area contributed by atoms with Crippen LogP contribution in [-0.4, -0.2) is 24.2 Å². The summed E-state index contributed by atoms with van der Waals surface area (Å²) in [7, 11) is 0. The van der Waals surface area contributed by atoms with Gasteiger partial charge in [-0.2, -0.15) is 6.42 Å². The first-order chi connectivity index (χ1) is 8.70. The molecule has 0 atom stereocenters. The van der Waals surface area contributed by atoms with Crippen molar-refractivity contribution in [2.75, 3.05) is 18.0 Å². The Morgan fingerprint density at radius 1 is 1.24 bits per heavy atom. The Morgan fingerprint density at radius 2 is 1.71 bits per heavy atom. The molecule has 0 amide bonds. The minimum Gasteiger partial charge on any atom is -0.481 e. The van der Waals surface area contributed by atoms with Crippen molar-refractivity contribution in [1.82, 2.24) is 0 Å². The first-order valence-electron chi connectivity index (χ1n) is 6.51. The van der Waals surface area contributed by atoms with Gasteiger partial charge in [0, 0.05) is 89.6 Å². The quantitative estimate of drug-likeness (QED) is 0.731. The number of anilines is 1. The van der Waals surface area contributed by atoms with Crippen LogP contribution < -0.4 is 4.90 Å². The summed E-state index contributed by atoms with van der Waals surface area (Å²) >= 11 is 0. The van der Waals surface area contributed by atoms with E-state index in [1.807, 2.05) is 13.8 Å². The predicted molar refractivity (Wildman–Crippen MR) is 83.3 cm³/mol. The second-order valence-electron chi connectivity index (χ2n) is 3.73. The largest absolute Gasteiger partial charge is 0.481 e. The van der Waals surface area contributed by atoms with Crippen LogP contribution in [0, 0.1) is 51.6 Å². The van der Waals surface area contributed by atoms with Crippen LogP contribution in [0.15, 0.2) is 30.3 Å². The first kappa shape index (κ1) is 29.8. The van der Waals surface area contributed by atoms with Gasteiger partial charge in [-0.3, -0.25) is 4.79 Å². The summed E-state index contributed by atoms with van der Waals surface area (Å²) < 4.78 is 0. The molecule has 121 valence electrons. The van der Waals surface area contributed by atoms with Gasteiger partial charge in [-0.25, -0.2) is 0 Å². The molecule has 2 rings (SSSR count). The maximum absolute atomic E-state index is 9.00. The molecule has 1 aromatic carbocycles. The van der Waals surface area contributed by atoms with Gasteiger partial charge in [0.2, 0.25) is 0 Å². The predicted octanol–water partition coefficient (Wildman–Crippen LogP) is 4.06. The van der Waals surface area contributed by atoms with E-state index in [0.717, 1.165) is 13.5 Å². The van der Waals surface area contributed by atoms with Crippen LogP contribution in [0.2, 0.25) is 0 Å². The molecule has 1 heterocycles. The smallest absolute Gasteiger partial charge is 0.300 e. The van der Waals surface area contributed by atoms with Crippen LogP contribution in [0.3, 0.4) is 0 Å². The number of nitrogens with zero attached hydrogens (tertiary/aromatic N) is 1. The monoisotopic (exact) mass is 394 g/mol. The summed E-state index contributed by atoms with van der Waals surface area (Å²) in [6.07, 6.45) is 4.94. The van der Waals surface area contributed by atoms with Gasteiger partial charge in [0.05, 0.1) is 0 Å². The third kappa shape index (κ3) is 17.0. The number of benzene rings is 1. The second kappa shape index (κ2) is 20.9. The Hall–Kier alpha value is 0.854. The van der Waals surface area contributed by atoms with Gasteiger partial charge in [0.1, 0.15) is 0 Å². The molecule has 1 aromatic rings. The number of aliphatic carboxylic acids is 1. The average molecular weight is 394 g/mol. The molecule has 5 heteroatoms. The van der Waals surface area contributed by atoms with Crippen molar-refractivity contribution in [2.24, 2.45) is 0 Å². The molecule has 0 aromatic heterocycles. The average Bonchev–Trinajstić information content (AvgIpc) is 2.42. The zero-order valence-corrected chi connectivity index (χ0v) is 17.1. The van der Waals surface area contributed by atoms with E-state index in [1.54, 1.807) is 0 Å². The first-order valence-corrected chi connectivity index (χ1v) is 6.51. The van der Waals surface area contributed by atoms with Crippen molar-refractivity contribution < 1.29 is 80.3 Å². The van der Waals surface area contributed by atoms with Crippen molar-refractivity contribution in [3.05, 3.63) is 44.2 Å². The van der Waals surface area contributed by atoms with Gasteiger partial charge in [-0.1, -0.05) is 38.5 Å². The van der Waals surface area contributed by atoms with Crippen LogP contribution >= 0.6 is 0 Å². The number of carboxylic acids is 1. The number of hydrogen-bond donors (Lipinski definition) is 1. The molecule has 0 spiro atoms. The van der Waals surface area contributed by atoms with E-state index >= 15 is 0 Å². The van der Waals surface area contributed by atoms with Gasteiger partial charge in [0.15, 0.2) is 0 Å². The minimum absolute atomic E-state index is 0. The van der Waals surface area contributed by atoms with E-state index in [-0.39, 0.29) is 77.9 Å². The van der Waals surface area contributed by atoms with Gasteiger partial charge in [-0.05, 0) is 12.1 Å². The van der Waals surface area contributed by atoms with Crippen LogP contribution in [-0.2, 0) is 37.5 Å². The van der Waals surface area contributed by atoms with Crippen LogP contribution in [0.1, 0.15) is 33.6 Å². The van der Waals surface area contributed by atoms with Gasteiger partial charge in [0.25, 0.3) is 5.97 Å². The number of carboxylic acid groups (broad SMARTS) is 1. The fraction of sp³-hybridized carbons (Fsp3) is 0.438. The van der Waals surface area contributed by atoms with Crippen molar-refractivity contribution in [2.45, 2.75) is 33.6 Å². The fourth-order valence-corrected chi connectivity index (χ4v) is 1.64. The third-order valence-corrected chi connectivity index (χ3v) is 2.31. The molecule has 0 aliphatic carbocycles. The van der Waals surface area contributed by atoms with Crippen molar-refractivity contribution in [3.8, 4) is 0 Å². The van der Waals surface area contributed by atoms with Crippen molar-refractivity contribution in [3.63, 3.8) is 0 Å². The Balaban J connectivity index is -0.000000142. The molecule has 1 N–H and O–H groups in total. The summed E-state index contributed by atoms with van der Waals surface area (Å²) in [5.41, 5.74) is 1.36. The number of carbonyl (C=O) groups is 1. The molecule has 3 nitrogen and oxygen atoms in total. The molecule has 1 fully saturated rings. The maximum Gasteiger partial charge on any atom is 0.300 e. The number of rotatable bonds is 1. The molecule has 1 aliphatic heterocycles. The Labute approximate surface area is 185 Å².